The van der Waals surface area contributed by atoms with Gasteiger partial charge in [-0.05, 0) is 32.9 Å². The van der Waals surface area contributed by atoms with Gasteiger partial charge in [0.05, 0.1) is 12.5 Å². The van der Waals surface area contributed by atoms with E-state index in [0.717, 1.165) is 19.4 Å². The maximum Gasteiger partial charge on any atom is 0.312 e. The third-order valence-corrected chi connectivity index (χ3v) is 5.06. The lowest BCUT2D eigenvalue weighted by molar-refractivity contribution is -0.150. The molecule has 0 aliphatic rings. The van der Waals surface area contributed by atoms with E-state index in [1.807, 2.05) is 25.6 Å². The van der Waals surface area contributed by atoms with Crippen molar-refractivity contribution >= 4 is 17.7 Å². The molecule has 0 saturated heterocycles. The van der Waals surface area contributed by atoms with Crippen molar-refractivity contribution < 1.29 is 9.53 Å². The molecule has 4 heteroatoms. The lowest BCUT2D eigenvalue weighted by atomic mass is 9.93. The summed E-state index contributed by atoms with van der Waals surface area (Å²) in [6.07, 6.45) is 4.42. The Bertz CT molecular complexity index is 229. The Hall–Kier alpha value is -0.220. The highest BCUT2D eigenvalue weighted by atomic mass is 32.2. The van der Waals surface area contributed by atoms with Crippen LogP contribution in [0.3, 0.4) is 0 Å². The maximum atomic E-state index is 11.5. The molecule has 102 valence electrons. The van der Waals surface area contributed by atoms with Crippen LogP contribution in [0.2, 0.25) is 0 Å². The van der Waals surface area contributed by atoms with Crippen molar-refractivity contribution in [2.75, 3.05) is 26.5 Å². The molecule has 17 heavy (non-hydrogen) atoms. The second-order valence-electron chi connectivity index (χ2n) is 5.07. The molecule has 0 aliphatic heterocycles. The number of methoxy groups -OCH3 is 1. The number of thioether (sulfide) groups is 1. The van der Waals surface area contributed by atoms with Crippen LogP contribution < -0.4 is 5.32 Å². The first kappa shape index (κ1) is 16.8. The fraction of sp³-hybridized carbons (Fsp3) is 0.923. The number of nitrogens with one attached hydrogen (secondary N) is 1. The molecular formula is C13H27NO2S. The van der Waals surface area contributed by atoms with Crippen LogP contribution in [0.1, 0.15) is 40.5 Å². The van der Waals surface area contributed by atoms with Crippen molar-refractivity contribution in [2.24, 2.45) is 5.41 Å². The van der Waals surface area contributed by atoms with Crippen molar-refractivity contribution in [3.05, 3.63) is 0 Å². The van der Waals surface area contributed by atoms with Gasteiger partial charge in [-0.2, -0.15) is 11.8 Å². The standard InChI is InChI=1S/C13H27NO2S/c1-7-13(8-2,17-6)10-14-9-12(3,4)11(15)16-5/h14H,7-10H2,1-6H3. The first-order valence-electron chi connectivity index (χ1n) is 6.21. The summed E-state index contributed by atoms with van der Waals surface area (Å²) in [4.78, 5) is 11.5. The summed E-state index contributed by atoms with van der Waals surface area (Å²) in [6.45, 7) is 9.83. The molecule has 0 bridgehead atoms. The summed E-state index contributed by atoms with van der Waals surface area (Å²) >= 11 is 1.90. The zero-order valence-corrected chi connectivity index (χ0v) is 12.9. The minimum atomic E-state index is -0.458. The van der Waals surface area contributed by atoms with E-state index in [1.165, 1.54) is 7.11 Å². The monoisotopic (exact) mass is 261 g/mol. The SMILES string of the molecule is CCC(CC)(CNCC(C)(C)C(=O)OC)SC. The van der Waals surface area contributed by atoms with Crippen LogP contribution in [-0.4, -0.2) is 37.2 Å². The average molecular weight is 261 g/mol. The van der Waals surface area contributed by atoms with Gasteiger partial charge >= 0.3 is 5.97 Å². The Morgan fingerprint density at radius 1 is 1.24 bits per heavy atom. The minimum Gasteiger partial charge on any atom is -0.469 e. The van der Waals surface area contributed by atoms with Gasteiger partial charge in [0, 0.05) is 17.8 Å². The Morgan fingerprint density at radius 2 is 1.76 bits per heavy atom. The highest BCUT2D eigenvalue weighted by Crippen LogP contribution is 2.29. The fourth-order valence-electron chi connectivity index (χ4n) is 1.81. The van der Waals surface area contributed by atoms with Crippen LogP contribution >= 0.6 is 11.8 Å². The van der Waals surface area contributed by atoms with Crippen LogP contribution in [0.4, 0.5) is 0 Å². The Balaban J connectivity index is 4.26. The fourth-order valence-corrected chi connectivity index (χ4v) is 2.64. The number of rotatable bonds is 8. The molecule has 0 atom stereocenters. The first-order valence-corrected chi connectivity index (χ1v) is 7.44. The van der Waals surface area contributed by atoms with Crippen molar-refractivity contribution in [3.63, 3.8) is 0 Å². The highest BCUT2D eigenvalue weighted by Gasteiger charge is 2.30. The molecule has 0 aromatic heterocycles. The summed E-state index contributed by atoms with van der Waals surface area (Å²) in [6, 6.07) is 0. The summed E-state index contributed by atoms with van der Waals surface area (Å²) in [5.74, 6) is -0.159. The van der Waals surface area contributed by atoms with Crippen LogP contribution in [0.5, 0.6) is 0 Å². The van der Waals surface area contributed by atoms with Crippen molar-refractivity contribution in [2.45, 2.75) is 45.3 Å². The molecule has 3 nitrogen and oxygen atoms in total. The first-order chi connectivity index (χ1) is 7.87. The van der Waals surface area contributed by atoms with E-state index < -0.39 is 5.41 Å². The Labute approximate surface area is 110 Å². The van der Waals surface area contributed by atoms with Crippen LogP contribution in [0, 0.1) is 5.41 Å². The van der Waals surface area contributed by atoms with E-state index in [-0.39, 0.29) is 10.7 Å². The van der Waals surface area contributed by atoms with Gasteiger partial charge in [-0.15, -0.1) is 0 Å². The molecule has 0 aliphatic carbocycles. The number of esters is 1. The molecule has 0 fully saturated rings. The lowest BCUT2D eigenvalue weighted by Gasteiger charge is -2.31. The highest BCUT2D eigenvalue weighted by molar-refractivity contribution is 8.00. The normalized spacial score (nSPS) is 12.6. The van der Waals surface area contributed by atoms with E-state index in [4.69, 9.17) is 4.74 Å². The molecule has 0 amide bonds. The molecule has 0 heterocycles. The molecule has 0 aromatic rings. The molecule has 0 spiro atoms. The third kappa shape index (κ3) is 4.88. The largest absolute Gasteiger partial charge is 0.469 e. The molecular weight excluding hydrogens is 234 g/mol. The number of hydrogen-bond donors (Lipinski definition) is 1. The zero-order chi connectivity index (χ0) is 13.5. The average Bonchev–Trinajstić information content (AvgIpc) is 2.34. The van der Waals surface area contributed by atoms with Crippen LogP contribution in [0.15, 0.2) is 0 Å². The predicted molar refractivity (Wildman–Crippen MR) is 75.5 cm³/mol. The van der Waals surface area contributed by atoms with E-state index >= 15 is 0 Å². The van der Waals surface area contributed by atoms with Gasteiger partial charge < -0.3 is 10.1 Å². The zero-order valence-electron chi connectivity index (χ0n) is 12.1. The minimum absolute atomic E-state index is 0.159. The number of carbonyl (C=O) groups excluding carboxylic acids is 1. The van der Waals surface area contributed by atoms with Gasteiger partial charge in [0.15, 0.2) is 0 Å². The van der Waals surface area contributed by atoms with Gasteiger partial charge in [0.25, 0.3) is 0 Å². The summed E-state index contributed by atoms with van der Waals surface area (Å²) in [5.41, 5.74) is -0.458. The number of carbonyl (C=O) groups is 1. The van der Waals surface area contributed by atoms with Crippen molar-refractivity contribution in [3.8, 4) is 0 Å². The van der Waals surface area contributed by atoms with Gasteiger partial charge in [-0.3, -0.25) is 4.79 Å². The molecule has 0 radical (unpaired) electrons. The summed E-state index contributed by atoms with van der Waals surface area (Å²) < 4.78 is 5.08. The van der Waals surface area contributed by atoms with Gasteiger partial charge in [0.1, 0.15) is 0 Å². The van der Waals surface area contributed by atoms with Gasteiger partial charge in [-0.1, -0.05) is 13.8 Å². The molecule has 0 aromatic carbocycles. The second-order valence-corrected chi connectivity index (χ2v) is 6.35. The van der Waals surface area contributed by atoms with Crippen LogP contribution in [0.25, 0.3) is 0 Å². The van der Waals surface area contributed by atoms with Crippen molar-refractivity contribution in [1.29, 1.82) is 0 Å². The summed E-state index contributed by atoms with van der Waals surface area (Å²) in [7, 11) is 1.44. The lowest BCUT2D eigenvalue weighted by Crippen LogP contribution is -2.43. The number of hydrogen-bond acceptors (Lipinski definition) is 4. The molecule has 0 unspecified atom stereocenters. The smallest absolute Gasteiger partial charge is 0.312 e. The maximum absolute atomic E-state index is 11.5. The topological polar surface area (TPSA) is 38.3 Å². The van der Waals surface area contributed by atoms with E-state index in [9.17, 15) is 4.79 Å². The molecule has 0 saturated carbocycles. The van der Waals surface area contributed by atoms with Gasteiger partial charge in [-0.25, -0.2) is 0 Å². The Kier molecular flexibility index (Phi) is 7.17. The number of ether oxygens (including phenoxy) is 1. The summed E-state index contributed by atoms with van der Waals surface area (Å²) in [5, 5.41) is 3.41. The van der Waals surface area contributed by atoms with Crippen molar-refractivity contribution in [1.82, 2.24) is 5.32 Å². The molecule has 0 rings (SSSR count). The molecule has 1 N–H and O–H groups in total. The van der Waals surface area contributed by atoms with Gasteiger partial charge in [0.2, 0.25) is 0 Å². The predicted octanol–water partition coefficient (Wildman–Crippen LogP) is 2.70. The van der Waals surface area contributed by atoms with E-state index in [0.29, 0.717) is 6.54 Å². The van der Waals surface area contributed by atoms with E-state index in [1.54, 1.807) is 0 Å². The third-order valence-electron chi connectivity index (χ3n) is 3.47. The van der Waals surface area contributed by atoms with Crippen LogP contribution in [-0.2, 0) is 9.53 Å². The second kappa shape index (κ2) is 7.27. The van der Waals surface area contributed by atoms with E-state index in [2.05, 4.69) is 25.4 Å². The Morgan fingerprint density at radius 3 is 2.12 bits per heavy atom. The quantitative estimate of drug-likeness (QED) is 0.682.